The summed E-state index contributed by atoms with van der Waals surface area (Å²) in [4.78, 5) is 14.3. The maximum atomic E-state index is 8.67. The van der Waals surface area contributed by atoms with E-state index in [4.69, 9.17) is 19.8 Å². The van der Waals surface area contributed by atoms with E-state index < -0.39 is 12.1 Å². The van der Waals surface area contributed by atoms with Gasteiger partial charge in [0.15, 0.2) is 0 Å². The number of hydrogen-bond donors (Lipinski definition) is 1. The van der Waals surface area contributed by atoms with Crippen LogP contribution in [0.4, 0.5) is 0 Å². The van der Waals surface area contributed by atoms with Gasteiger partial charge < -0.3 is 4.74 Å². The Hall–Kier alpha value is -0.980. The Morgan fingerprint density at radius 3 is 2.81 bits per heavy atom. The molecule has 2 rings (SSSR count). The fraction of sp³-hybridized carbons (Fsp3) is 0.455. The van der Waals surface area contributed by atoms with E-state index in [1.165, 1.54) is 0 Å². The number of benzene rings is 1. The Morgan fingerprint density at radius 2 is 2.12 bits per heavy atom. The van der Waals surface area contributed by atoms with Gasteiger partial charge in [0.05, 0.1) is 6.61 Å². The van der Waals surface area contributed by atoms with E-state index in [0.29, 0.717) is 13.0 Å². The second kappa shape index (κ2) is 4.90. The lowest BCUT2D eigenvalue weighted by molar-refractivity contribution is -0.509. The lowest BCUT2D eigenvalue weighted by Crippen LogP contribution is -2.30. The Morgan fingerprint density at radius 1 is 1.38 bits per heavy atom. The molecule has 0 saturated carbocycles. The zero-order chi connectivity index (χ0) is 11.4. The van der Waals surface area contributed by atoms with Crippen molar-refractivity contribution in [2.75, 3.05) is 6.61 Å². The summed E-state index contributed by atoms with van der Waals surface area (Å²) in [7, 11) is 0. The molecule has 1 aliphatic rings. The van der Waals surface area contributed by atoms with Crippen LogP contribution in [0.1, 0.15) is 25.2 Å². The van der Waals surface area contributed by atoms with Crippen LogP contribution in [0.25, 0.3) is 0 Å². The van der Waals surface area contributed by atoms with Gasteiger partial charge in [0.2, 0.25) is 12.1 Å². The summed E-state index contributed by atoms with van der Waals surface area (Å²) in [5.41, 5.74) is 0.852. The van der Waals surface area contributed by atoms with Crippen LogP contribution < -0.4 is 0 Å². The van der Waals surface area contributed by atoms with Gasteiger partial charge in [-0.05, 0) is 6.92 Å². The average molecular weight is 226 g/mol. The standard InChI is InChI=1S/C11H14O5/c1-11(15-12)7-8-13-10(14-16-11)9-5-3-2-4-6-9/h2-6,10,12H,7-8H2,1H3. The van der Waals surface area contributed by atoms with Crippen molar-refractivity contribution < 1.29 is 24.7 Å². The van der Waals surface area contributed by atoms with Crippen molar-refractivity contribution in [3.8, 4) is 0 Å². The molecule has 1 aliphatic heterocycles. The Kier molecular flexibility index (Phi) is 3.52. The molecule has 1 fully saturated rings. The summed E-state index contributed by atoms with van der Waals surface area (Å²) < 4.78 is 5.45. The molecule has 2 atom stereocenters. The highest BCUT2D eigenvalue weighted by atomic mass is 17.3. The first-order valence-electron chi connectivity index (χ1n) is 5.07. The smallest absolute Gasteiger partial charge is 0.233 e. The quantitative estimate of drug-likeness (QED) is 0.619. The van der Waals surface area contributed by atoms with Gasteiger partial charge in [-0.15, -0.1) is 0 Å². The summed E-state index contributed by atoms with van der Waals surface area (Å²) in [5.74, 6) is -1.18. The van der Waals surface area contributed by atoms with Crippen LogP contribution in [0.15, 0.2) is 30.3 Å². The summed E-state index contributed by atoms with van der Waals surface area (Å²) in [6, 6.07) is 9.42. The van der Waals surface area contributed by atoms with Crippen LogP contribution in [0.3, 0.4) is 0 Å². The number of rotatable bonds is 2. The van der Waals surface area contributed by atoms with Crippen LogP contribution in [-0.4, -0.2) is 17.7 Å². The lowest BCUT2D eigenvalue weighted by atomic mass is 10.2. The Bertz CT molecular complexity index is 328. The molecule has 5 nitrogen and oxygen atoms in total. The third-order valence-corrected chi connectivity index (χ3v) is 2.40. The minimum Gasteiger partial charge on any atom is -0.346 e. The number of ether oxygens (including phenoxy) is 1. The molecule has 0 spiro atoms. The van der Waals surface area contributed by atoms with Crippen LogP contribution in [0.5, 0.6) is 0 Å². The van der Waals surface area contributed by atoms with E-state index in [-0.39, 0.29) is 0 Å². The molecule has 1 N–H and O–H groups in total. The molecular formula is C11H14O5. The second-order valence-corrected chi connectivity index (χ2v) is 3.77. The summed E-state index contributed by atoms with van der Waals surface area (Å²) in [6.45, 7) is 1.94. The SMILES string of the molecule is CC1(OO)CCOC(c2ccccc2)OO1. The van der Waals surface area contributed by atoms with Gasteiger partial charge in [-0.1, -0.05) is 30.3 Å². The zero-order valence-corrected chi connectivity index (χ0v) is 8.96. The zero-order valence-electron chi connectivity index (χ0n) is 8.96. The Balaban J connectivity index is 2.05. The first-order chi connectivity index (χ1) is 7.73. The van der Waals surface area contributed by atoms with Crippen molar-refractivity contribution in [1.82, 2.24) is 0 Å². The van der Waals surface area contributed by atoms with Crippen LogP contribution in [0, 0.1) is 0 Å². The summed E-state index contributed by atoms with van der Waals surface area (Å²) in [6.07, 6.45) is -0.217. The van der Waals surface area contributed by atoms with Gasteiger partial charge in [-0.3, -0.25) is 0 Å². The summed E-state index contributed by atoms with van der Waals surface area (Å²) >= 11 is 0. The van der Waals surface area contributed by atoms with Gasteiger partial charge in [0, 0.05) is 12.0 Å². The van der Waals surface area contributed by atoms with Crippen LogP contribution >= 0.6 is 0 Å². The molecule has 16 heavy (non-hydrogen) atoms. The molecule has 2 unspecified atom stereocenters. The van der Waals surface area contributed by atoms with E-state index >= 15 is 0 Å². The highest BCUT2D eigenvalue weighted by Crippen LogP contribution is 2.28. The molecule has 0 aliphatic carbocycles. The van der Waals surface area contributed by atoms with Gasteiger partial charge >= 0.3 is 0 Å². The molecule has 0 aromatic heterocycles. The van der Waals surface area contributed by atoms with Crippen molar-refractivity contribution in [2.45, 2.75) is 25.4 Å². The van der Waals surface area contributed by atoms with E-state index in [0.717, 1.165) is 5.56 Å². The van der Waals surface area contributed by atoms with E-state index in [1.807, 2.05) is 30.3 Å². The molecule has 5 heteroatoms. The molecule has 1 aromatic rings. The fourth-order valence-corrected chi connectivity index (χ4v) is 1.39. The average Bonchev–Trinajstić information content (AvgIpc) is 2.53. The molecule has 88 valence electrons. The van der Waals surface area contributed by atoms with Gasteiger partial charge in [-0.25, -0.2) is 10.1 Å². The topological polar surface area (TPSA) is 57.2 Å². The molecule has 0 radical (unpaired) electrons. The molecule has 0 amide bonds. The first kappa shape index (κ1) is 11.5. The van der Waals surface area contributed by atoms with Gasteiger partial charge in [0.25, 0.3) is 0 Å². The summed E-state index contributed by atoms with van der Waals surface area (Å²) in [5, 5.41) is 8.67. The van der Waals surface area contributed by atoms with E-state index in [1.54, 1.807) is 6.92 Å². The minimum absolute atomic E-state index is 0.372. The van der Waals surface area contributed by atoms with Crippen molar-refractivity contribution in [3.05, 3.63) is 35.9 Å². The largest absolute Gasteiger partial charge is 0.346 e. The maximum absolute atomic E-state index is 8.67. The van der Waals surface area contributed by atoms with E-state index in [9.17, 15) is 0 Å². The third kappa shape index (κ3) is 2.58. The second-order valence-electron chi connectivity index (χ2n) is 3.77. The lowest BCUT2D eigenvalue weighted by Gasteiger charge is -2.21. The normalized spacial score (nSPS) is 31.0. The van der Waals surface area contributed by atoms with Crippen molar-refractivity contribution in [2.24, 2.45) is 0 Å². The van der Waals surface area contributed by atoms with Gasteiger partial charge in [0.1, 0.15) is 0 Å². The fourth-order valence-electron chi connectivity index (χ4n) is 1.39. The van der Waals surface area contributed by atoms with Gasteiger partial charge in [-0.2, -0.15) is 9.78 Å². The predicted molar refractivity (Wildman–Crippen MR) is 54.0 cm³/mol. The third-order valence-electron chi connectivity index (χ3n) is 2.40. The van der Waals surface area contributed by atoms with Crippen molar-refractivity contribution >= 4 is 0 Å². The molecule has 1 aromatic carbocycles. The molecule has 0 bridgehead atoms. The maximum Gasteiger partial charge on any atom is 0.233 e. The monoisotopic (exact) mass is 226 g/mol. The molecule has 1 heterocycles. The van der Waals surface area contributed by atoms with Crippen molar-refractivity contribution in [3.63, 3.8) is 0 Å². The highest BCUT2D eigenvalue weighted by molar-refractivity contribution is 5.15. The van der Waals surface area contributed by atoms with Crippen molar-refractivity contribution in [1.29, 1.82) is 0 Å². The predicted octanol–water partition coefficient (Wildman–Crippen LogP) is 2.26. The van der Waals surface area contributed by atoms with Crippen LogP contribution in [0.2, 0.25) is 0 Å². The molecule has 1 saturated heterocycles. The highest BCUT2D eigenvalue weighted by Gasteiger charge is 2.33. The van der Waals surface area contributed by atoms with E-state index in [2.05, 4.69) is 4.89 Å². The first-order valence-corrected chi connectivity index (χ1v) is 5.07. The molecular weight excluding hydrogens is 212 g/mol. The Labute approximate surface area is 93.4 Å². The van der Waals surface area contributed by atoms with Crippen LogP contribution in [-0.2, 0) is 19.4 Å². The minimum atomic E-state index is -1.18. The number of hydrogen-bond acceptors (Lipinski definition) is 5.